The van der Waals surface area contributed by atoms with Gasteiger partial charge in [-0.05, 0) is 26.3 Å². The Hall–Kier alpha value is -1.55. The van der Waals surface area contributed by atoms with E-state index >= 15 is 0 Å². The third kappa shape index (κ3) is 9.98. The molecule has 2 aliphatic rings. The largest absolute Gasteiger partial charge is 0.389 e. The first-order chi connectivity index (χ1) is 16.3. The van der Waals surface area contributed by atoms with Gasteiger partial charge >= 0.3 is 0 Å². The van der Waals surface area contributed by atoms with E-state index in [0.717, 1.165) is 45.0 Å². The standard InChI is InChI=1S/C26H43N3O5/c1-26(2,3)34-21-23(30)18-28-13-16-33-24(19-28)20-29(10-9-27-11-14-32-15-12-27)25(31)17-22-7-5-4-6-8-22/h4-8,23-24,30H,9-21H2,1-3H3. The summed E-state index contributed by atoms with van der Waals surface area (Å²) in [5, 5.41) is 10.4. The van der Waals surface area contributed by atoms with Crippen molar-refractivity contribution in [2.75, 3.05) is 78.8 Å². The maximum absolute atomic E-state index is 13.3. The number of hydrogen-bond acceptors (Lipinski definition) is 7. The number of rotatable bonds is 11. The van der Waals surface area contributed by atoms with Crippen molar-refractivity contribution in [2.24, 2.45) is 0 Å². The first-order valence-corrected chi connectivity index (χ1v) is 12.6. The smallest absolute Gasteiger partial charge is 0.227 e. The zero-order valence-electron chi connectivity index (χ0n) is 21.2. The molecular formula is C26H43N3O5. The monoisotopic (exact) mass is 477 g/mol. The molecule has 2 atom stereocenters. The molecule has 2 saturated heterocycles. The Balaban J connectivity index is 1.54. The third-order valence-electron chi connectivity index (χ3n) is 6.17. The number of carbonyl (C=O) groups excluding carboxylic acids is 1. The summed E-state index contributed by atoms with van der Waals surface area (Å²) in [5.74, 6) is 0.124. The average Bonchev–Trinajstić information content (AvgIpc) is 2.81. The second kappa shape index (κ2) is 13.5. The number of nitrogens with zero attached hydrogens (tertiary/aromatic N) is 3. The first kappa shape index (κ1) is 27.0. The highest BCUT2D eigenvalue weighted by Crippen LogP contribution is 2.12. The van der Waals surface area contributed by atoms with Crippen molar-refractivity contribution in [3.63, 3.8) is 0 Å². The molecule has 192 valence electrons. The number of aliphatic hydroxyl groups excluding tert-OH is 1. The van der Waals surface area contributed by atoms with Crippen molar-refractivity contribution in [1.82, 2.24) is 14.7 Å². The number of ether oxygens (including phenoxy) is 3. The molecule has 0 bridgehead atoms. The molecule has 0 aliphatic carbocycles. The van der Waals surface area contributed by atoms with Crippen LogP contribution in [0.25, 0.3) is 0 Å². The lowest BCUT2D eigenvalue weighted by Crippen LogP contribution is -2.52. The number of aliphatic hydroxyl groups is 1. The Morgan fingerprint density at radius 3 is 2.56 bits per heavy atom. The SMILES string of the molecule is CC(C)(C)OCC(O)CN1CCOC(CN(CCN2CCOCC2)C(=O)Cc2ccccc2)C1. The first-order valence-electron chi connectivity index (χ1n) is 12.6. The number of amides is 1. The summed E-state index contributed by atoms with van der Waals surface area (Å²) in [5.41, 5.74) is 0.756. The Morgan fingerprint density at radius 2 is 1.85 bits per heavy atom. The fourth-order valence-electron chi connectivity index (χ4n) is 4.29. The molecule has 8 nitrogen and oxygen atoms in total. The minimum Gasteiger partial charge on any atom is -0.389 e. The van der Waals surface area contributed by atoms with E-state index in [0.29, 0.717) is 45.8 Å². The van der Waals surface area contributed by atoms with Crippen LogP contribution in [0.3, 0.4) is 0 Å². The minimum atomic E-state index is -0.546. The highest BCUT2D eigenvalue weighted by molar-refractivity contribution is 5.78. The fraction of sp³-hybridized carbons (Fsp3) is 0.731. The zero-order valence-corrected chi connectivity index (χ0v) is 21.2. The van der Waals surface area contributed by atoms with E-state index in [1.807, 2.05) is 56.0 Å². The van der Waals surface area contributed by atoms with Gasteiger partial charge < -0.3 is 24.2 Å². The Morgan fingerprint density at radius 1 is 1.15 bits per heavy atom. The van der Waals surface area contributed by atoms with Gasteiger partial charge in [0.05, 0.1) is 50.7 Å². The van der Waals surface area contributed by atoms with Crippen molar-refractivity contribution >= 4 is 5.91 Å². The molecule has 1 amide bonds. The molecule has 2 fully saturated rings. The van der Waals surface area contributed by atoms with Crippen molar-refractivity contribution in [1.29, 1.82) is 0 Å². The van der Waals surface area contributed by atoms with Crippen LogP contribution in [-0.2, 0) is 25.4 Å². The molecule has 0 saturated carbocycles. The van der Waals surface area contributed by atoms with Gasteiger partial charge in [-0.3, -0.25) is 14.6 Å². The van der Waals surface area contributed by atoms with Gasteiger partial charge in [0.2, 0.25) is 5.91 Å². The highest BCUT2D eigenvalue weighted by Gasteiger charge is 2.27. The zero-order chi connectivity index (χ0) is 24.4. The van der Waals surface area contributed by atoms with Crippen molar-refractivity contribution in [3.8, 4) is 0 Å². The highest BCUT2D eigenvalue weighted by atomic mass is 16.5. The second-order valence-corrected chi connectivity index (χ2v) is 10.3. The number of benzene rings is 1. The second-order valence-electron chi connectivity index (χ2n) is 10.3. The normalized spacial score (nSPS) is 21.4. The Bertz CT molecular complexity index is 721. The minimum absolute atomic E-state index is 0.0751. The molecule has 1 N–H and O–H groups in total. The summed E-state index contributed by atoms with van der Waals surface area (Å²) < 4.78 is 17.2. The van der Waals surface area contributed by atoms with E-state index in [9.17, 15) is 9.90 Å². The van der Waals surface area contributed by atoms with Crippen LogP contribution in [-0.4, -0.2) is 122 Å². The third-order valence-corrected chi connectivity index (χ3v) is 6.17. The summed E-state index contributed by atoms with van der Waals surface area (Å²) >= 11 is 0. The van der Waals surface area contributed by atoms with Crippen LogP contribution in [0, 0.1) is 0 Å². The van der Waals surface area contributed by atoms with Crippen LogP contribution in [0.1, 0.15) is 26.3 Å². The predicted octanol–water partition coefficient (Wildman–Crippen LogP) is 1.27. The number of β-amino-alcohol motifs (C(OH)–C–C–N with tert-alkyl or cyclic N) is 1. The lowest BCUT2D eigenvalue weighted by atomic mass is 10.1. The maximum Gasteiger partial charge on any atom is 0.227 e. The Kier molecular flexibility index (Phi) is 10.8. The lowest BCUT2D eigenvalue weighted by Gasteiger charge is -2.37. The van der Waals surface area contributed by atoms with Crippen LogP contribution in [0.15, 0.2) is 30.3 Å². The van der Waals surface area contributed by atoms with Crippen molar-refractivity contribution in [3.05, 3.63) is 35.9 Å². The van der Waals surface area contributed by atoms with Crippen molar-refractivity contribution in [2.45, 2.75) is 45.0 Å². The van der Waals surface area contributed by atoms with Gasteiger partial charge in [0.1, 0.15) is 0 Å². The molecule has 0 radical (unpaired) electrons. The van der Waals surface area contributed by atoms with Gasteiger partial charge in [0.15, 0.2) is 0 Å². The van der Waals surface area contributed by atoms with Gasteiger partial charge in [-0.25, -0.2) is 0 Å². The fourth-order valence-corrected chi connectivity index (χ4v) is 4.29. The average molecular weight is 478 g/mol. The summed E-state index contributed by atoms with van der Waals surface area (Å²) in [6.45, 7) is 14.3. The van der Waals surface area contributed by atoms with Crippen LogP contribution in [0.2, 0.25) is 0 Å². The molecule has 8 heteroatoms. The number of hydrogen-bond donors (Lipinski definition) is 1. The van der Waals surface area contributed by atoms with E-state index in [1.165, 1.54) is 0 Å². The molecule has 2 heterocycles. The topological polar surface area (TPSA) is 74.7 Å². The molecule has 1 aromatic carbocycles. The summed E-state index contributed by atoms with van der Waals surface area (Å²) in [4.78, 5) is 19.8. The van der Waals surface area contributed by atoms with Gasteiger partial charge in [-0.15, -0.1) is 0 Å². The molecule has 0 aromatic heterocycles. The Labute approximate surface area is 204 Å². The van der Waals surface area contributed by atoms with E-state index in [1.54, 1.807) is 0 Å². The van der Waals surface area contributed by atoms with Crippen LogP contribution >= 0.6 is 0 Å². The molecule has 1 aromatic rings. The number of morpholine rings is 2. The van der Waals surface area contributed by atoms with Gasteiger partial charge in [-0.2, -0.15) is 0 Å². The van der Waals surface area contributed by atoms with Gasteiger partial charge in [0.25, 0.3) is 0 Å². The van der Waals surface area contributed by atoms with E-state index in [4.69, 9.17) is 14.2 Å². The molecular weight excluding hydrogens is 434 g/mol. The van der Waals surface area contributed by atoms with E-state index in [-0.39, 0.29) is 17.6 Å². The van der Waals surface area contributed by atoms with E-state index in [2.05, 4.69) is 9.80 Å². The quantitative estimate of drug-likeness (QED) is 0.514. The van der Waals surface area contributed by atoms with Crippen LogP contribution < -0.4 is 0 Å². The van der Waals surface area contributed by atoms with Gasteiger partial charge in [0, 0.05) is 52.4 Å². The predicted molar refractivity (Wildman–Crippen MR) is 132 cm³/mol. The summed E-state index contributed by atoms with van der Waals surface area (Å²) in [6, 6.07) is 9.90. The molecule has 0 spiro atoms. The lowest BCUT2D eigenvalue weighted by molar-refractivity contribution is -0.134. The molecule has 2 aliphatic heterocycles. The van der Waals surface area contributed by atoms with Gasteiger partial charge in [-0.1, -0.05) is 30.3 Å². The van der Waals surface area contributed by atoms with E-state index < -0.39 is 6.10 Å². The molecule has 2 unspecified atom stereocenters. The van der Waals surface area contributed by atoms with Crippen LogP contribution in [0.4, 0.5) is 0 Å². The summed E-state index contributed by atoms with van der Waals surface area (Å²) in [6.07, 6.45) is -0.229. The molecule has 34 heavy (non-hydrogen) atoms. The summed E-state index contributed by atoms with van der Waals surface area (Å²) in [7, 11) is 0. The number of carbonyl (C=O) groups is 1. The van der Waals surface area contributed by atoms with Crippen LogP contribution in [0.5, 0.6) is 0 Å². The van der Waals surface area contributed by atoms with Crippen molar-refractivity contribution < 1.29 is 24.1 Å². The maximum atomic E-state index is 13.3. The molecule has 3 rings (SSSR count).